The number of hydrogen-bond acceptors (Lipinski definition) is 0. The average Bonchev–Trinajstić information content (AvgIpc) is 1.82. The summed E-state index contributed by atoms with van der Waals surface area (Å²) in [5.41, 5.74) is 3.38. The van der Waals surface area contributed by atoms with Crippen LogP contribution in [0.1, 0.15) is 6.92 Å². The van der Waals surface area contributed by atoms with Crippen molar-refractivity contribution in [3.8, 4) is 0 Å². The molecular formula is C8H10BF. The highest BCUT2D eigenvalue weighted by atomic mass is 19.1. The SMILES string of the molecule is B/C(F)=C\C(C)=C=CC=C. The normalized spacial score (nSPS) is 10.0. The Morgan fingerprint density at radius 1 is 1.70 bits per heavy atom. The molecule has 0 rings (SSSR count). The van der Waals surface area contributed by atoms with Crippen LogP contribution in [0.5, 0.6) is 0 Å². The van der Waals surface area contributed by atoms with E-state index in [-0.39, 0.29) is 5.73 Å². The minimum atomic E-state index is -0.206. The van der Waals surface area contributed by atoms with Crippen molar-refractivity contribution < 1.29 is 4.39 Å². The van der Waals surface area contributed by atoms with Gasteiger partial charge in [-0.1, -0.05) is 12.7 Å². The van der Waals surface area contributed by atoms with Crippen LogP contribution in [0, 0.1) is 0 Å². The van der Waals surface area contributed by atoms with Crippen LogP contribution in [-0.4, -0.2) is 7.85 Å². The molecule has 0 bridgehead atoms. The zero-order valence-electron chi connectivity index (χ0n) is 6.32. The quantitative estimate of drug-likeness (QED) is 0.308. The molecule has 0 unspecified atom stereocenters. The number of allylic oxidation sites excluding steroid dienone is 3. The largest absolute Gasteiger partial charge is 0.224 e. The minimum Gasteiger partial charge on any atom is -0.224 e. The maximum absolute atomic E-state index is 12.1. The van der Waals surface area contributed by atoms with Crippen molar-refractivity contribution in [2.45, 2.75) is 6.92 Å². The Kier molecular flexibility index (Phi) is 4.35. The van der Waals surface area contributed by atoms with Gasteiger partial charge < -0.3 is 0 Å². The molecular weight excluding hydrogens is 126 g/mol. The fourth-order valence-corrected chi connectivity index (χ4v) is 0.530. The van der Waals surface area contributed by atoms with Crippen LogP contribution in [0.25, 0.3) is 0 Å². The smallest absolute Gasteiger partial charge is 0.177 e. The fraction of sp³-hybridized carbons (Fsp3) is 0.125. The van der Waals surface area contributed by atoms with Crippen molar-refractivity contribution in [2.75, 3.05) is 0 Å². The van der Waals surface area contributed by atoms with Crippen LogP contribution in [0.15, 0.2) is 41.8 Å². The molecule has 0 aromatic carbocycles. The van der Waals surface area contributed by atoms with Crippen molar-refractivity contribution in [1.82, 2.24) is 0 Å². The minimum absolute atomic E-state index is 0.206. The maximum Gasteiger partial charge on any atom is 0.177 e. The lowest BCUT2D eigenvalue weighted by Gasteiger charge is -1.83. The van der Waals surface area contributed by atoms with Gasteiger partial charge in [0.1, 0.15) is 0 Å². The highest BCUT2D eigenvalue weighted by Gasteiger charge is 1.81. The van der Waals surface area contributed by atoms with Crippen molar-refractivity contribution in [3.63, 3.8) is 0 Å². The van der Waals surface area contributed by atoms with Gasteiger partial charge in [0, 0.05) is 0 Å². The van der Waals surface area contributed by atoms with Crippen molar-refractivity contribution >= 4 is 7.85 Å². The van der Waals surface area contributed by atoms with Crippen LogP contribution in [0.3, 0.4) is 0 Å². The van der Waals surface area contributed by atoms with E-state index >= 15 is 0 Å². The molecule has 0 aromatic heterocycles. The standard InChI is InChI=1S/C8H10BF/c1-3-4-5-7(2)6-8(9)10/h3-4,6H,1,9H2,2H3/b8-6+. The molecule has 0 saturated carbocycles. The lowest BCUT2D eigenvalue weighted by Crippen LogP contribution is -1.69. The Labute approximate surface area is 61.9 Å². The monoisotopic (exact) mass is 136 g/mol. The molecule has 0 aromatic rings. The summed E-state index contributed by atoms with van der Waals surface area (Å²) in [6.45, 7) is 5.25. The first-order valence-corrected chi connectivity index (χ1v) is 3.05. The van der Waals surface area contributed by atoms with Crippen LogP contribution in [-0.2, 0) is 0 Å². The summed E-state index contributed by atoms with van der Waals surface area (Å²) in [4.78, 5) is 0. The third-order valence-corrected chi connectivity index (χ3v) is 0.844. The summed E-state index contributed by atoms with van der Waals surface area (Å²) in [5.74, 6) is 0. The highest BCUT2D eigenvalue weighted by molar-refractivity contribution is 6.20. The van der Waals surface area contributed by atoms with Gasteiger partial charge in [-0.25, -0.2) is 4.39 Å². The predicted molar refractivity (Wildman–Crippen MR) is 45.2 cm³/mol. The molecule has 0 heterocycles. The lowest BCUT2D eigenvalue weighted by molar-refractivity contribution is 0.693. The van der Waals surface area contributed by atoms with Gasteiger partial charge >= 0.3 is 0 Å². The van der Waals surface area contributed by atoms with Gasteiger partial charge in [0.2, 0.25) is 0 Å². The van der Waals surface area contributed by atoms with E-state index < -0.39 is 0 Å². The Bertz CT molecular complexity index is 203. The molecule has 10 heavy (non-hydrogen) atoms. The van der Waals surface area contributed by atoms with E-state index in [2.05, 4.69) is 12.3 Å². The Hall–Kier alpha value is -1.01. The Balaban J connectivity index is 4.35. The molecule has 0 fully saturated rings. The third-order valence-electron chi connectivity index (χ3n) is 0.844. The lowest BCUT2D eigenvalue weighted by atomic mass is 10.1. The summed E-state index contributed by atoms with van der Waals surface area (Å²) in [5, 5.41) is 0. The molecule has 0 spiro atoms. The van der Waals surface area contributed by atoms with E-state index in [9.17, 15) is 4.39 Å². The topological polar surface area (TPSA) is 0 Å². The summed E-state index contributed by atoms with van der Waals surface area (Å²) in [7, 11) is 1.40. The molecule has 0 aliphatic carbocycles. The summed E-state index contributed by atoms with van der Waals surface area (Å²) in [6.07, 6.45) is 4.67. The van der Waals surface area contributed by atoms with Crippen LogP contribution in [0.4, 0.5) is 4.39 Å². The van der Waals surface area contributed by atoms with Gasteiger partial charge in [0.05, 0.1) is 5.73 Å². The number of halogens is 1. The number of hydrogen-bond donors (Lipinski definition) is 0. The van der Waals surface area contributed by atoms with E-state index in [1.807, 2.05) is 0 Å². The highest BCUT2D eigenvalue weighted by Crippen LogP contribution is 1.97. The van der Waals surface area contributed by atoms with Crippen molar-refractivity contribution in [2.24, 2.45) is 0 Å². The summed E-state index contributed by atoms with van der Waals surface area (Å²) in [6, 6.07) is 0. The van der Waals surface area contributed by atoms with Gasteiger partial charge in [-0.3, -0.25) is 0 Å². The van der Waals surface area contributed by atoms with Gasteiger partial charge in [0.25, 0.3) is 0 Å². The Morgan fingerprint density at radius 3 is 2.70 bits per heavy atom. The van der Waals surface area contributed by atoms with Gasteiger partial charge in [0.15, 0.2) is 7.85 Å². The molecule has 0 amide bonds. The van der Waals surface area contributed by atoms with Crippen molar-refractivity contribution in [3.05, 3.63) is 41.8 Å². The molecule has 0 N–H and O–H groups in total. The van der Waals surface area contributed by atoms with Crippen LogP contribution < -0.4 is 0 Å². The molecule has 52 valence electrons. The molecule has 0 aliphatic rings. The average molecular weight is 136 g/mol. The van der Waals surface area contributed by atoms with Gasteiger partial charge in [-0.2, -0.15) is 0 Å². The van der Waals surface area contributed by atoms with E-state index in [1.165, 1.54) is 13.9 Å². The van der Waals surface area contributed by atoms with E-state index in [1.54, 1.807) is 19.1 Å². The van der Waals surface area contributed by atoms with Gasteiger partial charge in [-0.15, -0.1) is 5.73 Å². The Morgan fingerprint density at radius 2 is 2.30 bits per heavy atom. The zero-order valence-corrected chi connectivity index (χ0v) is 6.32. The molecule has 0 aliphatic heterocycles. The van der Waals surface area contributed by atoms with Gasteiger partial charge in [-0.05, 0) is 24.6 Å². The summed E-state index contributed by atoms with van der Waals surface area (Å²) < 4.78 is 12.1. The first-order valence-electron chi connectivity index (χ1n) is 3.05. The second-order valence-electron chi connectivity index (χ2n) is 1.96. The molecule has 0 atom stereocenters. The number of rotatable bonds is 2. The molecule has 0 nitrogen and oxygen atoms in total. The molecule has 0 saturated heterocycles. The second-order valence-corrected chi connectivity index (χ2v) is 1.96. The maximum atomic E-state index is 12.1. The molecule has 2 heteroatoms. The third kappa shape index (κ3) is 5.14. The van der Waals surface area contributed by atoms with E-state index in [0.29, 0.717) is 0 Å². The van der Waals surface area contributed by atoms with E-state index in [4.69, 9.17) is 0 Å². The summed E-state index contributed by atoms with van der Waals surface area (Å²) >= 11 is 0. The zero-order chi connectivity index (χ0) is 7.98. The van der Waals surface area contributed by atoms with E-state index in [0.717, 1.165) is 5.57 Å². The van der Waals surface area contributed by atoms with Crippen LogP contribution in [0.2, 0.25) is 0 Å². The molecule has 0 radical (unpaired) electrons. The predicted octanol–water partition coefficient (Wildman–Crippen LogP) is 1.72. The fourth-order valence-electron chi connectivity index (χ4n) is 0.530. The first kappa shape index (κ1) is 8.99. The first-order chi connectivity index (χ1) is 4.66. The van der Waals surface area contributed by atoms with Crippen LogP contribution >= 0.6 is 0 Å². The van der Waals surface area contributed by atoms with Crippen molar-refractivity contribution in [1.29, 1.82) is 0 Å². The second kappa shape index (κ2) is 4.83.